The van der Waals surface area contributed by atoms with Crippen LogP contribution in [0.15, 0.2) is 22.7 Å². The summed E-state index contributed by atoms with van der Waals surface area (Å²) >= 11 is 0. The molecule has 5 heteroatoms. The molecule has 0 saturated heterocycles. The number of hydrogen-bond acceptors (Lipinski definition) is 5. The van der Waals surface area contributed by atoms with Crippen LogP contribution in [0.25, 0.3) is 22.4 Å². The molecule has 0 aliphatic carbocycles. The van der Waals surface area contributed by atoms with Crippen LogP contribution < -0.4 is 4.90 Å². The molecule has 0 saturated carbocycles. The summed E-state index contributed by atoms with van der Waals surface area (Å²) in [4.78, 5) is 11.6. The standard InChI is InChI=1S/C20H26N4O/c1-6-10-24(11-7-2)20-19-18(21-15(5)22-20)17(23-25-19)16-9-8-13(3)12-14(16)4/h8-9,12H,6-7,10-11H2,1-5H3. The highest BCUT2D eigenvalue weighted by molar-refractivity contribution is 5.94. The molecule has 0 radical (unpaired) electrons. The maximum atomic E-state index is 5.73. The second-order valence-electron chi connectivity index (χ2n) is 6.61. The van der Waals surface area contributed by atoms with Gasteiger partial charge < -0.3 is 9.42 Å². The predicted molar refractivity (Wildman–Crippen MR) is 102 cm³/mol. The zero-order chi connectivity index (χ0) is 18.0. The normalized spacial score (nSPS) is 11.2. The minimum Gasteiger partial charge on any atom is -0.353 e. The highest BCUT2D eigenvalue weighted by Gasteiger charge is 2.21. The van der Waals surface area contributed by atoms with Crippen LogP contribution in [0.3, 0.4) is 0 Å². The van der Waals surface area contributed by atoms with Crippen molar-refractivity contribution < 1.29 is 4.52 Å². The molecule has 0 bridgehead atoms. The third kappa shape index (κ3) is 3.36. The molecule has 132 valence electrons. The molecule has 0 spiro atoms. The van der Waals surface area contributed by atoms with Gasteiger partial charge in [0.05, 0.1) is 0 Å². The third-order valence-electron chi connectivity index (χ3n) is 4.34. The molecule has 3 aromatic rings. The number of aryl methyl sites for hydroxylation is 3. The first-order valence-electron chi connectivity index (χ1n) is 9.01. The first-order chi connectivity index (χ1) is 12.0. The van der Waals surface area contributed by atoms with Crippen LogP contribution in [0.2, 0.25) is 0 Å². The summed E-state index contributed by atoms with van der Waals surface area (Å²) in [6.07, 6.45) is 2.12. The van der Waals surface area contributed by atoms with Crippen molar-refractivity contribution in [3.63, 3.8) is 0 Å². The van der Waals surface area contributed by atoms with Gasteiger partial charge in [0.2, 0.25) is 5.58 Å². The fourth-order valence-corrected chi connectivity index (χ4v) is 3.26. The molecule has 2 aromatic heterocycles. The molecule has 1 aromatic carbocycles. The van der Waals surface area contributed by atoms with Gasteiger partial charge in [0, 0.05) is 18.7 Å². The van der Waals surface area contributed by atoms with E-state index < -0.39 is 0 Å². The zero-order valence-electron chi connectivity index (χ0n) is 15.8. The lowest BCUT2D eigenvalue weighted by molar-refractivity contribution is 0.457. The van der Waals surface area contributed by atoms with Gasteiger partial charge in [-0.1, -0.05) is 42.8 Å². The summed E-state index contributed by atoms with van der Waals surface area (Å²) in [7, 11) is 0. The Balaban J connectivity index is 2.18. The van der Waals surface area contributed by atoms with E-state index in [1.54, 1.807) is 0 Å². The van der Waals surface area contributed by atoms with Crippen molar-refractivity contribution in [2.24, 2.45) is 0 Å². The molecule has 0 aliphatic rings. The largest absolute Gasteiger partial charge is 0.353 e. The molecule has 2 heterocycles. The highest BCUT2D eigenvalue weighted by atomic mass is 16.5. The van der Waals surface area contributed by atoms with Crippen LogP contribution in [-0.4, -0.2) is 28.2 Å². The van der Waals surface area contributed by atoms with E-state index in [0.717, 1.165) is 54.3 Å². The SMILES string of the molecule is CCCN(CCC)c1nc(C)nc2c(-c3ccc(C)cc3C)noc12. The highest BCUT2D eigenvalue weighted by Crippen LogP contribution is 2.33. The van der Waals surface area contributed by atoms with Crippen molar-refractivity contribution in [3.05, 3.63) is 35.2 Å². The lowest BCUT2D eigenvalue weighted by atomic mass is 10.0. The van der Waals surface area contributed by atoms with Gasteiger partial charge in [0.25, 0.3) is 0 Å². The molecule has 0 amide bonds. The number of anilines is 1. The van der Waals surface area contributed by atoms with E-state index in [2.05, 4.69) is 65.9 Å². The minimum atomic E-state index is 0.683. The molecule has 5 nitrogen and oxygen atoms in total. The van der Waals surface area contributed by atoms with Gasteiger partial charge >= 0.3 is 0 Å². The third-order valence-corrected chi connectivity index (χ3v) is 4.34. The first-order valence-corrected chi connectivity index (χ1v) is 9.01. The van der Waals surface area contributed by atoms with Gasteiger partial charge in [0.15, 0.2) is 5.82 Å². The maximum absolute atomic E-state index is 5.73. The quantitative estimate of drug-likeness (QED) is 0.644. The maximum Gasteiger partial charge on any atom is 0.228 e. The van der Waals surface area contributed by atoms with E-state index in [4.69, 9.17) is 4.52 Å². The number of hydrogen-bond donors (Lipinski definition) is 0. The Bertz CT molecular complexity index is 879. The van der Waals surface area contributed by atoms with E-state index in [-0.39, 0.29) is 0 Å². The second-order valence-corrected chi connectivity index (χ2v) is 6.61. The van der Waals surface area contributed by atoms with Crippen molar-refractivity contribution in [3.8, 4) is 11.3 Å². The van der Waals surface area contributed by atoms with Gasteiger partial charge in [-0.05, 0) is 39.2 Å². The lowest BCUT2D eigenvalue weighted by Gasteiger charge is -2.22. The molecule has 0 unspecified atom stereocenters. The summed E-state index contributed by atoms with van der Waals surface area (Å²) < 4.78 is 5.73. The molecule has 0 atom stereocenters. The van der Waals surface area contributed by atoms with Crippen LogP contribution in [0.1, 0.15) is 43.6 Å². The van der Waals surface area contributed by atoms with Crippen LogP contribution in [0.5, 0.6) is 0 Å². The molecule has 3 rings (SSSR count). The van der Waals surface area contributed by atoms with Crippen molar-refractivity contribution in [1.82, 2.24) is 15.1 Å². The smallest absolute Gasteiger partial charge is 0.228 e. The zero-order valence-corrected chi connectivity index (χ0v) is 15.8. The Morgan fingerprint density at radius 3 is 2.36 bits per heavy atom. The van der Waals surface area contributed by atoms with Gasteiger partial charge in [0.1, 0.15) is 17.0 Å². The number of nitrogens with zero attached hydrogens (tertiary/aromatic N) is 4. The van der Waals surface area contributed by atoms with Crippen LogP contribution >= 0.6 is 0 Å². The Morgan fingerprint density at radius 2 is 1.72 bits per heavy atom. The Kier molecular flexibility index (Phi) is 5.02. The summed E-state index contributed by atoms with van der Waals surface area (Å²) in [6, 6.07) is 6.35. The molecule has 0 N–H and O–H groups in total. The minimum absolute atomic E-state index is 0.683. The number of benzene rings is 1. The monoisotopic (exact) mass is 338 g/mol. The fourth-order valence-electron chi connectivity index (χ4n) is 3.26. The average molecular weight is 338 g/mol. The molecular weight excluding hydrogens is 312 g/mol. The van der Waals surface area contributed by atoms with E-state index in [0.29, 0.717) is 5.58 Å². The van der Waals surface area contributed by atoms with E-state index in [9.17, 15) is 0 Å². The number of fused-ring (bicyclic) bond motifs is 1. The van der Waals surface area contributed by atoms with Crippen LogP contribution in [0, 0.1) is 20.8 Å². The topological polar surface area (TPSA) is 55.1 Å². The van der Waals surface area contributed by atoms with Crippen molar-refractivity contribution in [2.75, 3.05) is 18.0 Å². The number of rotatable bonds is 6. The average Bonchev–Trinajstić information content (AvgIpc) is 2.97. The van der Waals surface area contributed by atoms with Crippen molar-refractivity contribution in [2.45, 2.75) is 47.5 Å². The Hall–Kier alpha value is -2.43. The lowest BCUT2D eigenvalue weighted by Crippen LogP contribution is -2.26. The summed E-state index contributed by atoms with van der Waals surface area (Å²) in [6.45, 7) is 12.4. The van der Waals surface area contributed by atoms with E-state index in [1.807, 2.05) is 6.92 Å². The molecule has 0 aliphatic heterocycles. The summed E-state index contributed by atoms with van der Waals surface area (Å²) in [5, 5.41) is 4.36. The van der Waals surface area contributed by atoms with Crippen molar-refractivity contribution in [1.29, 1.82) is 0 Å². The molecular formula is C20H26N4O. The predicted octanol–water partition coefficient (Wildman–Crippen LogP) is 4.84. The van der Waals surface area contributed by atoms with Crippen LogP contribution in [0.4, 0.5) is 5.82 Å². The van der Waals surface area contributed by atoms with Gasteiger partial charge in [-0.15, -0.1) is 0 Å². The van der Waals surface area contributed by atoms with Gasteiger partial charge in [-0.2, -0.15) is 0 Å². The second kappa shape index (κ2) is 7.21. The Labute approximate surface area is 149 Å². The number of aromatic nitrogens is 3. The summed E-state index contributed by atoms with van der Waals surface area (Å²) in [5.74, 6) is 1.60. The van der Waals surface area contributed by atoms with E-state index >= 15 is 0 Å². The molecule has 25 heavy (non-hydrogen) atoms. The Morgan fingerprint density at radius 1 is 1.00 bits per heavy atom. The van der Waals surface area contributed by atoms with Crippen LogP contribution in [-0.2, 0) is 0 Å². The fraction of sp³-hybridized carbons (Fsp3) is 0.450. The van der Waals surface area contributed by atoms with Crippen molar-refractivity contribution >= 4 is 16.9 Å². The van der Waals surface area contributed by atoms with Gasteiger partial charge in [-0.3, -0.25) is 0 Å². The first kappa shape index (κ1) is 17.4. The van der Waals surface area contributed by atoms with Gasteiger partial charge in [-0.25, -0.2) is 9.97 Å². The summed E-state index contributed by atoms with van der Waals surface area (Å²) in [5.41, 5.74) is 5.75. The van der Waals surface area contributed by atoms with E-state index in [1.165, 1.54) is 11.1 Å². The molecule has 0 fully saturated rings.